The molecule has 1 rings (SSSR count). The highest BCUT2D eigenvalue weighted by Gasteiger charge is 2.17. The molecule has 0 unspecified atom stereocenters. The largest absolute Gasteiger partial charge is 0.507 e. The van der Waals surface area contributed by atoms with Crippen molar-refractivity contribution in [1.29, 1.82) is 0 Å². The van der Waals surface area contributed by atoms with Gasteiger partial charge in [0.1, 0.15) is 5.75 Å². The van der Waals surface area contributed by atoms with Gasteiger partial charge in [0.25, 0.3) is 0 Å². The Bertz CT molecular complexity index is 423. The molecule has 1 aromatic rings. The van der Waals surface area contributed by atoms with Crippen molar-refractivity contribution in [2.24, 2.45) is 0 Å². The lowest BCUT2D eigenvalue weighted by Gasteiger charge is -2.13. The molecule has 0 saturated carbocycles. The summed E-state index contributed by atoms with van der Waals surface area (Å²) in [7, 11) is -4.06. The number of phenols is 1. The first-order valence-electron chi connectivity index (χ1n) is 6.25. The van der Waals surface area contributed by atoms with Crippen LogP contribution in [0.25, 0.3) is 0 Å². The summed E-state index contributed by atoms with van der Waals surface area (Å²) in [4.78, 5) is 18.1. The van der Waals surface area contributed by atoms with Crippen LogP contribution < -0.4 is 0 Å². The Morgan fingerprint density at radius 3 is 1.83 bits per heavy atom. The maximum Gasteiger partial charge on any atom is 0.329 e. The Morgan fingerprint density at radius 2 is 1.50 bits per heavy atom. The second-order valence-electron chi connectivity index (χ2n) is 4.59. The van der Waals surface area contributed by atoms with E-state index in [4.69, 9.17) is 9.79 Å². The zero-order valence-corrected chi connectivity index (χ0v) is 11.8. The lowest BCUT2D eigenvalue weighted by Crippen LogP contribution is -1.96. The molecule has 0 saturated heterocycles. The van der Waals surface area contributed by atoms with Crippen molar-refractivity contribution in [2.45, 2.75) is 45.7 Å². The molecular formula is C13H21O4P. The summed E-state index contributed by atoms with van der Waals surface area (Å²) in [6.45, 7) is 4.02. The highest BCUT2D eigenvalue weighted by molar-refractivity contribution is 7.50. The second-order valence-corrected chi connectivity index (χ2v) is 6.23. The van der Waals surface area contributed by atoms with E-state index in [1.807, 2.05) is 13.8 Å². The zero-order valence-electron chi connectivity index (χ0n) is 10.9. The number of benzene rings is 1. The van der Waals surface area contributed by atoms with Gasteiger partial charge in [-0.05, 0) is 29.5 Å². The van der Waals surface area contributed by atoms with E-state index in [1.165, 1.54) is 0 Å². The van der Waals surface area contributed by atoms with Crippen molar-refractivity contribution >= 4 is 7.60 Å². The molecular weight excluding hydrogens is 251 g/mol. The van der Waals surface area contributed by atoms with E-state index in [0.717, 1.165) is 36.8 Å². The third kappa shape index (κ3) is 4.45. The molecule has 0 aliphatic rings. The van der Waals surface area contributed by atoms with Crippen molar-refractivity contribution in [2.75, 3.05) is 0 Å². The molecule has 0 aliphatic carbocycles. The predicted molar refractivity (Wildman–Crippen MR) is 71.8 cm³/mol. The first kappa shape index (κ1) is 15.2. The molecule has 0 spiro atoms. The van der Waals surface area contributed by atoms with E-state index in [2.05, 4.69) is 0 Å². The summed E-state index contributed by atoms with van der Waals surface area (Å²) in [5, 5.41) is 10.1. The van der Waals surface area contributed by atoms with Crippen molar-refractivity contribution in [3.8, 4) is 5.75 Å². The van der Waals surface area contributed by atoms with Gasteiger partial charge in [-0.25, -0.2) is 0 Å². The average molecular weight is 272 g/mol. The Hall–Kier alpha value is -0.830. The molecule has 1 aromatic carbocycles. The second kappa shape index (κ2) is 6.37. The minimum absolute atomic E-state index is 0.263. The normalized spacial score (nSPS) is 11.8. The minimum atomic E-state index is -4.06. The van der Waals surface area contributed by atoms with Crippen LogP contribution in [-0.4, -0.2) is 14.9 Å². The van der Waals surface area contributed by atoms with Crippen LogP contribution in [0.4, 0.5) is 0 Å². The van der Waals surface area contributed by atoms with E-state index < -0.39 is 7.60 Å². The van der Waals surface area contributed by atoms with Gasteiger partial charge in [0.2, 0.25) is 0 Å². The predicted octanol–water partition coefficient (Wildman–Crippen LogP) is 2.97. The van der Waals surface area contributed by atoms with Crippen LogP contribution in [0.2, 0.25) is 0 Å². The highest BCUT2D eigenvalue weighted by Crippen LogP contribution is 2.40. The molecule has 102 valence electrons. The Balaban J connectivity index is 3.15. The van der Waals surface area contributed by atoms with E-state index >= 15 is 0 Å². The minimum Gasteiger partial charge on any atom is -0.507 e. The van der Waals surface area contributed by atoms with Gasteiger partial charge in [-0.3, -0.25) is 4.57 Å². The molecule has 5 heteroatoms. The Morgan fingerprint density at radius 1 is 1.06 bits per heavy atom. The van der Waals surface area contributed by atoms with Crippen molar-refractivity contribution in [3.63, 3.8) is 0 Å². The molecule has 0 aromatic heterocycles. The quantitative estimate of drug-likeness (QED) is 0.696. The van der Waals surface area contributed by atoms with Crippen LogP contribution in [0.3, 0.4) is 0 Å². The molecule has 4 nitrogen and oxygen atoms in total. The number of aryl methyl sites for hydroxylation is 2. The van der Waals surface area contributed by atoms with Crippen LogP contribution in [0.1, 0.15) is 43.4 Å². The van der Waals surface area contributed by atoms with Crippen molar-refractivity contribution in [3.05, 3.63) is 28.8 Å². The van der Waals surface area contributed by atoms with Crippen LogP contribution in [0, 0.1) is 0 Å². The molecule has 0 amide bonds. The molecule has 0 heterocycles. The Kier molecular flexibility index (Phi) is 5.39. The van der Waals surface area contributed by atoms with Crippen LogP contribution in [0.5, 0.6) is 5.75 Å². The summed E-state index contributed by atoms with van der Waals surface area (Å²) >= 11 is 0. The van der Waals surface area contributed by atoms with Gasteiger partial charge < -0.3 is 14.9 Å². The molecule has 18 heavy (non-hydrogen) atoms. The van der Waals surface area contributed by atoms with Gasteiger partial charge in [-0.2, -0.15) is 0 Å². The van der Waals surface area contributed by atoms with Gasteiger partial charge >= 0.3 is 7.60 Å². The first-order valence-corrected chi connectivity index (χ1v) is 8.05. The number of phenolic OH excluding ortho intramolecular Hbond substituents is 1. The number of hydrogen-bond donors (Lipinski definition) is 3. The van der Waals surface area contributed by atoms with Gasteiger partial charge in [-0.15, -0.1) is 0 Å². The van der Waals surface area contributed by atoms with Gasteiger partial charge in [0.15, 0.2) is 0 Å². The standard InChI is InChI=1S/C13H21O4P/c1-3-5-11-7-10(9-18(15,16)17)8-12(6-4-2)13(11)14/h7-8,14H,3-6,9H2,1-2H3,(H2,15,16,17). The molecule has 0 aliphatic heterocycles. The zero-order chi connectivity index (χ0) is 13.8. The fourth-order valence-corrected chi connectivity index (χ4v) is 2.74. The first-order chi connectivity index (χ1) is 8.37. The van der Waals surface area contributed by atoms with E-state index in [0.29, 0.717) is 5.56 Å². The highest BCUT2D eigenvalue weighted by atomic mass is 31.2. The number of aromatic hydroxyl groups is 1. The van der Waals surface area contributed by atoms with Crippen molar-refractivity contribution < 1.29 is 19.5 Å². The average Bonchev–Trinajstić information content (AvgIpc) is 2.23. The molecule has 0 fully saturated rings. The summed E-state index contributed by atoms with van der Waals surface area (Å²) in [6, 6.07) is 3.41. The monoisotopic (exact) mass is 272 g/mol. The fourth-order valence-electron chi connectivity index (χ4n) is 2.08. The fraction of sp³-hybridized carbons (Fsp3) is 0.538. The summed E-state index contributed by atoms with van der Waals surface area (Å²) < 4.78 is 11.1. The van der Waals surface area contributed by atoms with Crippen LogP contribution >= 0.6 is 7.60 Å². The van der Waals surface area contributed by atoms with Gasteiger partial charge in [0.05, 0.1) is 6.16 Å². The van der Waals surface area contributed by atoms with Crippen LogP contribution in [0.15, 0.2) is 12.1 Å². The smallest absolute Gasteiger partial charge is 0.329 e. The number of hydrogen-bond acceptors (Lipinski definition) is 2. The molecule has 0 radical (unpaired) electrons. The molecule has 3 N–H and O–H groups in total. The third-order valence-electron chi connectivity index (χ3n) is 2.75. The summed E-state index contributed by atoms with van der Waals surface area (Å²) in [5.41, 5.74) is 2.17. The maximum atomic E-state index is 11.1. The lowest BCUT2D eigenvalue weighted by molar-refractivity contribution is 0.371. The number of rotatable bonds is 6. The van der Waals surface area contributed by atoms with E-state index in [1.54, 1.807) is 12.1 Å². The molecule has 0 atom stereocenters. The third-order valence-corrected chi connectivity index (χ3v) is 3.53. The van der Waals surface area contributed by atoms with Gasteiger partial charge in [0, 0.05) is 0 Å². The Labute approximate surface area is 108 Å². The van der Waals surface area contributed by atoms with E-state index in [9.17, 15) is 9.67 Å². The molecule has 0 bridgehead atoms. The van der Waals surface area contributed by atoms with Crippen molar-refractivity contribution in [1.82, 2.24) is 0 Å². The topological polar surface area (TPSA) is 77.8 Å². The SMILES string of the molecule is CCCc1cc(CP(=O)(O)O)cc(CCC)c1O. The van der Waals surface area contributed by atoms with E-state index in [-0.39, 0.29) is 11.9 Å². The lowest BCUT2D eigenvalue weighted by atomic mass is 9.99. The maximum absolute atomic E-state index is 11.1. The van der Waals surface area contributed by atoms with Crippen LogP contribution in [-0.2, 0) is 23.6 Å². The summed E-state index contributed by atoms with van der Waals surface area (Å²) in [6.07, 6.45) is 2.95. The summed E-state index contributed by atoms with van der Waals surface area (Å²) in [5.74, 6) is 0.285. The van der Waals surface area contributed by atoms with Gasteiger partial charge in [-0.1, -0.05) is 38.8 Å².